The molecule has 216 valence electrons. The van der Waals surface area contributed by atoms with Crippen LogP contribution >= 0.6 is 0 Å². The second-order valence-electron chi connectivity index (χ2n) is 10.8. The number of nitrogens with two attached hydrogens (primary N) is 1. The number of hydrogen-bond donors (Lipinski definition) is 4. The van der Waals surface area contributed by atoms with Crippen molar-refractivity contribution < 1.29 is 17.6 Å². The van der Waals surface area contributed by atoms with E-state index in [1.807, 2.05) is 30.3 Å². The molecule has 1 saturated carbocycles. The molecule has 4 heterocycles. The largest absolute Gasteiger partial charge is 0.369 e. The number of primary amides is 1. The van der Waals surface area contributed by atoms with E-state index in [9.17, 15) is 17.6 Å². The number of amides is 1. The number of imidazole rings is 1. The molecule has 0 unspecified atom stereocenters. The van der Waals surface area contributed by atoms with Gasteiger partial charge in [-0.25, -0.2) is 22.5 Å². The summed E-state index contributed by atoms with van der Waals surface area (Å²) in [6.07, 6.45) is 7.52. The predicted molar refractivity (Wildman–Crippen MR) is 159 cm³/mol. The molecule has 1 amide bonds. The number of hydrogen-bond acceptors (Lipinski definition) is 7. The van der Waals surface area contributed by atoms with Gasteiger partial charge in [-0.1, -0.05) is 12.1 Å². The molecule has 13 heteroatoms. The number of para-hydroxylation sites is 1. The van der Waals surface area contributed by atoms with E-state index in [0.717, 1.165) is 28.3 Å². The number of sulfonamides is 1. The van der Waals surface area contributed by atoms with Gasteiger partial charge in [0.1, 0.15) is 11.5 Å². The minimum Gasteiger partial charge on any atom is -0.369 e. The number of rotatable bonds is 8. The molecule has 1 aliphatic carbocycles. The van der Waals surface area contributed by atoms with Crippen LogP contribution in [0.5, 0.6) is 0 Å². The number of aromatic amines is 2. The second kappa shape index (κ2) is 9.78. The van der Waals surface area contributed by atoms with E-state index < -0.39 is 21.3 Å². The Kier molecular flexibility index (Phi) is 6.11. The second-order valence-corrected chi connectivity index (χ2v) is 12.7. The van der Waals surface area contributed by atoms with E-state index in [1.54, 1.807) is 24.7 Å². The van der Waals surface area contributed by atoms with Crippen LogP contribution in [-0.4, -0.2) is 50.7 Å². The third-order valence-electron chi connectivity index (χ3n) is 7.80. The highest BCUT2D eigenvalue weighted by molar-refractivity contribution is 7.88. The van der Waals surface area contributed by atoms with Crippen LogP contribution in [0.25, 0.3) is 55.8 Å². The standard InChI is InChI=1S/C30H25FN8O3S/c1-43(41,42)35-12-16-7-17(10-20(31)8-16)21-3-2-4-23-26(21)37-28(36-23)27-22-11-24(34-15-25(22)38-39-27)18-9-19(14-33-13-18)30(5-6-30)29(32)40/h2-4,7-11,13-15,35H,5-6,12H2,1H3,(H2,32,40)(H,36,37)(H,38,39). The molecule has 1 fully saturated rings. The molecule has 11 nitrogen and oxygen atoms in total. The number of nitrogens with zero attached hydrogens (tertiary/aromatic N) is 4. The molecular formula is C30H25FN8O3S. The van der Waals surface area contributed by atoms with Gasteiger partial charge in [-0.2, -0.15) is 5.10 Å². The quantitative estimate of drug-likeness (QED) is 0.206. The van der Waals surface area contributed by atoms with Crippen LogP contribution in [0, 0.1) is 5.82 Å². The average Bonchev–Trinajstić information content (AvgIpc) is 3.52. The fourth-order valence-electron chi connectivity index (χ4n) is 5.40. The number of halogens is 1. The van der Waals surface area contributed by atoms with E-state index in [2.05, 4.69) is 29.9 Å². The SMILES string of the molecule is CS(=O)(=O)NCc1cc(F)cc(-c2cccc3[nH]c(-c4n[nH]c5cnc(-c6cncc(C7(C(N)=O)CC7)c6)cc45)nc23)c1. The van der Waals surface area contributed by atoms with Crippen molar-refractivity contribution in [3.63, 3.8) is 0 Å². The van der Waals surface area contributed by atoms with Gasteiger partial charge < -0.3 is 10.7 Å². The molecule has 0 saturated heterocycles. The number of fused-ring (bicyclic) bond motifs is 2. The van der Waals surface area contributed by atoms with E-state index in [0.29, 0.717) is 57.8 Å². The number of nitrogens with one attached hydrogen (secondary N) is 3. The minimum absolute atomic E-state index is 0.0387. The van der Waals surface area contributed by atoms with Crippen molar-refractivity contribution in [2.24, 2.45) is 5.73 Å². The summed E-state index contributed by atoms with van der Waals surface area (Å²) in [6.45, 7) is -0.0387. The van der Waals surface area contributed by atoms with Gasteiger partial charge in [-0.15, -0.1) is 0 Å². The molecule has 4 aromatic heterocycles. The molecule has 0 spiro atoms. The molecule has 5 N–H and O–H groups in total. The fourth-order valence-corrected chi connectivity index (χ4v) is 5.83. The summed E-state index contributed by atoms with van der Waals surface area (Å²) in [5.74, 6) is -0.342. The number of carbonyl (C=O) groups is 1. The monoisotopic (exact) mass is 596 g/mol. The molecule has 7 rings (SSSR count). The molecule has 1 aliphatic rings. The Bertz CT molecular complexity index is 2190. The maximum Gasteiger partial charge on any atom is 0.228 e. The molecular weight excluding hydrogens is 571 g/mol. The average molecular weight is 597 g/mol. The third-order valence-corrected chi connectivity index (χ3v) is 8.47. The molecule has 43 heavy (non-hydrogen) atoms. The summed E-state index contributed by atoms with van der Waals surface area (Å²) in [5, 5.41) is 8.28. The first-order valence-electron chi connectivity index (χ1n) is 13.4. The van der Waals surface area contributed by atoms with Gasteiger partial charge in [-0.3, -0.25) is 19.9 Å². The molecule has 0 atom stereocenters. The summed E-state index contributed by atoms with van der Waals surface area (Å²) < 4.78 is 40.1. The Morgan fingerprint density at radius 2 is 1.91 bits per heavy atom. The van der Waals surface area contributed by atoms with Gasteiger partial charge in [0, 0.05) is 35.5 Å². The molecule has 6 aromatic rings. The maximum atomic E-state index is 14.6. The lowest BCUT2D eigenvalue weighted by Crippen LogP contribution is -2.28. The van der Waals surface area contributed by atoms with Gasteiger partial charge in [0.25, 0.3) is 0 Å². The Morgan fingerprint density at radius 3 is 2.67 bits per heavy atom. The van der Waals surface area contributed by atoms with Gasteiger partial charge in [0.05, 0.1) is 40.1 Å². The Balaban J connectivity index is 1.28. The van der Waals surface area contributed by atoms with Crippen molar-refractivity contribution in [2.75, 3.05) is 6.26 Å². The highest BCUT2D eigenvalue weighted by Crippen LogP contribution is 2.48. The van der Waals surface area contributed by atoms with Crippen LogP contribution in [0.3, 0.4) is 0 Å². The predicted octanol–water partition coefficient (Wildman–Crippen LogP) is 3.94. The number of benzene rings is 2. The van der Waals surface area contributed by atoms with Crippen molar-refractivity contribution in [2.45, 2.75) is 24.8 Å². The van der Waals surface area contributed by atoms with Crippen molar-refractivity contribution in [3.8, 4) is 33.9 Å². The Labute approximate surface area is 244 Å². The van der Waals surface area contributed by atoms with Crippen LogP contribution in [0.4, 0.5) is 4.39 Å². The van der Waals surface area contributed by atoms with Crippen molar-refractivity contribution in [3.05, 3.63) is 84.1 Å². The van der Waals surface area contributed by atoms with Gasteiger partial charge >= 0.3 is 0 Å². The smallest absolute Gasteiger partial charge is 0.228 e. The van der Waals surface area contributed by atoms with Crippen LogP contribution < -0.4 is 10.5 Å². The van der Waals surface area contributed by atoms with E-state index in [4.69, 9.17) is 10.7 Å². The van der Waals surface area contributed by atoms with E-state index >= 15 is 0 Å². The van der Waals surface area contributed by atoms with E-state index in [-0.39, 0.29) is 12.5 Å². The zero-order valence-electron chi connectivity index (χ0n) is 22.8. The van der Waals surface area contributed by atoms with Crippen LogP contribution in [0.1, 0.15) is 24.0 Å². The van der Waals surface area contributed by atoms with Gasteiger partial charge in [-0.05, 0) is 65.9 Å². The Hall–Kier alpha value is -5.01. The van der Waals surface area contributed by atoms with Gasteiger partial charge in [0.2, 0.25) is 15.9 Å². The van der Waals surface area contributed by atoms with Crippen molar-refractivity contribution >= 4 is 37.9 Å². The molecule has 0 bridgehead atoms. The normalized spacial score (nSPS) is 14.4. The zero-order chi connectivity index (χ0) is 29.9. The number of aromatic nitrogens is 6. The van der Waals surface area contributed by atoms with Crippen LogP contribution in [0.15, 0.2) is 67.1 Å². The first-order chi connectivity index (χ1) is 20.6. The van der Waals surface area contributed by atoms with Crippen LogP contribution in [0.2, 0.25) is 0 Å². The topological polar surface area (TPSA) is 172 Å². The lowest BCUT2D eigenvalue weighted by Gasteiger charge is -2.12. The highest BCUT2D eigenvalue weighted by atomic mass is 32.2. The Morgan fingerprint density at radius 1 is 1.07 bits per heavy atom. The third kappa shape index (κ3) is 4.91. The highest BCUT2D eigenvalue weighted by Gasteiger charge is 2.50. The lowest BCUT2D eigenvalue weighted by atomic mass is 9.95. The summed E-state index contributed by atoms with van der Waals surface area (Å²) in [4.78, 5) is 29.2. The van der Waals surface area contributed by atoms with Crippen LogP contribution in [-0.2, 0) is 26.8 Å². The summed E-state index contributed by atoms with van der Waals surface area (Å²) in [7, 11) is -3.44. The van der Waals surface area contributed by atoms with Gasteiger partial charge in [0.15, 0.2) is 5.82 Å². The summed E-state index contributed by atoms with van der Waals surface area (Å²) in [6, 6.07) is 13.8. The zero-order valence-corrected chi connectivity index (χ0v) is 23.7. The number of H-pyrrole nitrogens is 2. The molecule has 2 aromatic carbocycles. The number of pyridine rings is 2. The minimum atomic E-state index is -3.44. The van der Waals surface area contributed by atoms with E-state index in [1.165, 1.54) is 12.1 Å². The first-order valence-corrected chi connectivity index (χ1v) is 15.3. The molecule has 0 radical (unpaired) electrons. The maximum absolute atomic E-state index is 14.6. The van der Waals surface area contributed by atoms with Crippen molar-refractivity contribution in [1.29, 1.82) is 0 Å². The fraction of sp³-hybridized carbons (Fsp3) is 0.167. The summed E-state index contributed by atoms with van der Waals surface area (Å²) >= 11 is 0. The summed E-state index contributed by atoms with van der Waals surface area (Å²) in [5.41, 5.74) is 11.5. The lowest BCUT2D eigenvalue weighted by molar-refractivity contribution is -0.120. The van der Waals surface area contributed by atoms with Crippen molar-refractivity contribution in [1.82, 2.24) is 34.9 Å². The molecule has 0 aliphatic heterocycles. The first kappa shape index (κ1) is 26.9. The number of carbonyl (C=O) groups excluding carboxylic acids is 1.